The van der Waals surface area contributed by atoms with E-state index in [0.29, 0.717) is 56.7 Å². The normalized spacial score (nSPS) is 13.9. The molecule has 0 spiro atoms. The first-order chi connectivity index (χ1) is 16.7. The molecule has 1 aliphatic rings. The van der Waals surface area contributed by atoms with Gasteiger partial charge in [-0.3, -0.25) is 19.7 Å². The van der Waals surface area contributed by atoms with Crippen molar-refractivity contribution in [1.82, 2.24) is 5.43 Å². The number of nitrogens with one attached hydrogen (secondary N) is 2. The number of nitrogens with zero attached hydrogens (tertiary/aromatic N) is 2. The number of hydrogen-bond acceptors (Lipinski definition) is 6. The number of non-ortho nitro benzene ring substituents is 1. The van der Waals surface area contributed by atoms with Crippen LogP contribution in [0.25, 0.3) is 0 Å². The smallest absolute Gasteiger partial charge is 0.291 e. The van der Waals surface area contributed by atoms with E-state index in [0.717, 1.165) is 6.42 Å². The fourth-order valence-electron chi connectivity index (χ4n) is 3.85. The summed E-state index contributed by atoms with van der Waals surface area (Å²) in [5, 5.41) is 18.5. The topological polar surface area (TPSA) is 127 Å². The number of nitro groups is 1. The molecule has 0 radical (unpaired) electrons. The van der Waals surface area contributed by atoms with Gasteiger partial charge in [-0.05, 0) is 43.5 Å². The van der Waals surface area contributed by atoms with Crippen LogP contribution in [0.15, 0.2) is 52.0 Å². The van der Waals surface area contributed by atoms with E-state index in [2.05, 4.69) is 15.8 Å². The third-order valence-corrected chi connectivity index (χ3v) is 6.28. The molecular weight excluding hydrogens is 495 g/mol. The number of benzene rings is 2. The van der Waals surface area contributed by atoms with Crippen LogP contribution in [0, 0.1) is 17.0 Å². The lowest BCUT2D eigenvalue weighted by atomic mass is 9.93. The second-order valence-corrected chi connectivity index (χ2v) is 8.80. The average Bonchev–Trinajstić information content (AvgIpc) is 3.17. The van der Waals surface area contributed by atoms with Crippen LogP contribution >= 0.6 is 23.2 Å². The lowest BCUT2D eigenvalue weighted by molar-refractivity contribution is -0.384. The quantitative estimate of drug-likeness (QED) is 0.333. The Hall–Kier alpha value is -3.69. The summed E-state index contributed by atoms with van der Waals surface area (Å²) in [5.41, 5.74) is 5.56. The molecule has 9 nitrogen and oxygen atoms in total. The molecule has 3 aromatic rings. The Bertz CT molecular complexity index is 1350. The van der Waals surface area contributed by atoms with Crippen molar-refractivity contribution in [1.29, 1.82) is 0 Å². The number of hydrogen-bond donors (Lipinski definition) is 2. The third-order valence-electron chi connectivity index (χ3n) is 5.54. The largest absolute Gasteiger partial charge is 0.455 e. The molecule has 0 saturated carbocycles. The first-order valence-electron chi connectivity index (χ1n) is 10.7. The van der Waals surface area contributed by atoms with E-state index < -0.39 is 10.8 Å². The molecule has 0 unspecified atom stereocenters. The van der Waals surface area contributed by atoms with Crippen LogP contribution in [0.2, 0.25) is 10.0 Å². The molecule has 0 bridgehead atoms. The number of furan rings is 1. The van der Waals surface area contributed by atoms with Gasteiger partial charge in [-0.15, -0.1) is 0 Å². The van der Waals surface area contributed by atoms with E-state index in [9.17, 15) is 19.7 Å². The number of carbonyl (C=O) groups is 2. The molecule has 0 fully saturated rings. The van der Waals surface area contributed by atoms with Crippen molar-refractivity contribution in [3.63, 3.8) is 0 Å². The maximum atomic E-state index is 12.9. The molecule has 1 aliphatic carbocycles. The summed E-state index contributed by atoms with van der Waals surface area (Å²) in [7, 11) is 0. The standard InChI is InChI=1S/C24H20Cl2N4O5/c1-13-22-19(28-29-21(31)11-14-5-8-16(9-6-14)30(33)34)3-2-4-20(22)35-23(13)24(32)27-15-7-10-17(25)18(26)12-15/h5-10,12H,2-4,11H2,1H3,(H,27,32)(H,29,31)/b28-19+. The summed E-state index contributed by atoms with van der Waals surface area (Å²) in [5.74, 6) is -0.00154. The molecule has 180 valence electrons. The SMILES string of the molecule is Cc1c(C(=O)Nc2ccc(Cl)c(Cl)c2)oc2c1/C(=N/NC(=O)Cc1ccc([N+](=O)[O-])cc1)CCC2. The van der Waals surface area contributed by atoms with Gasteiger partial charge in [0.15, 0.2) is 5.76 Å². The van der Waals surface area contributed by atoms with Gasteiger partial charge in [-0.1, -0.05) is 35.3 Å². The number of halogens is 2. The molecular formula is C24H20Cl2N4O5. The number of hydrazone groups is 1. The van der Waals surface area contributed by atoms with E-state index in [1.807, 2.05) is 0 Å². The summed E-state index contributed by atoms with van der Waals surface area (Å²) in [6.45, 7) is 1.77. The van der Waals surface area contributed by atoms with Gasteiger partial charge in [-0.25, -0.2) is 5.43 Å². The van der Waals surface area contributed by atoms with Gasteiger partial charge in [-0.2, -0.15) is 5.10 Å². The van der Waals surface area contributed by atoms with E-state index in [-0.39, 0.29) is 23.8 Å². The van der Waals surface area contributed by atoms with Crippen molar-refractivity contribution in [2.75, 3.05) is 5.32 Å². The predicted molar refractivity (Wildman–Crippen MR) is 132 cm³/mol. The van der Waals surface area contributed by atoms with Crippen LogP contribution < -0.4 is 10.7 Å². The van der Waals surface area contributed by atoms with Gasteiger partial charge in [0.05, 0.1) is 27.1 Å². The van der Waals surface area contributed by atoms with E-state index in [1.165, 1.54) is 24.3 Å². The number of nitro benzene ring substituents is 1. The number of anilines is 1. The van der Waals surface area contributed by atoms with Gasteiger partial charge < -0.3 is 9.73 Å². The van der Waals surface area contributed by atoms with E-state index in [1.54, 1.807) is 25.1 Å². The Morgan fingerprint density at radius 3 is 2.54 bits per heavy atom. The minimum absolute atomic E-state index is 0.0172. The molecule has 0 atom stereocenters. The number of carbonyl (C=O) groups excluding carboxylic acids is 2. The number of amides is 2. The maximum Gasteiger partial charge on any atom is 0.291 e. The lowest BCUT2D eigenvalue weighted by Crippen LogP contribution is -2.23. The van der Waals surface area contributed by atoms with Crippen molar-refractivity contribution >= 4 is 52.1 Å². The van der Waals surface area contributed by atoms with Crippen LogP contribution in [0.3, 0.4) is 0 Å². The first-order valence-corrected chi connectivity index (χ1v) is 11.5. The number of fused-ring (bicyclic) bond motifs is 1. The third kappa shape index (κ3) is 5.52. The highest BCUT2D eigenvalue weighted by Gasteiger charge is 2.28. The Morgan fingerprint density at radius 1 is 1.11 bits per heavy atom. The second kappa shape index (κ2) is 10.3. The number of aryl methyl sites for hydroxylation is 1. The van der Waals surface area contributed by atoms with Crippen molar-refractivity contribution < 1.29 is 18.9 Å². The molecule has 2 amide bonds. The summed E-state index contributed by atoms with van der Waals surface area (Å²) in [6, 6.07) is 10.5. The highest BCUT2D eigenvalue weighted by Crippen LogP contribution is 2.31. The first kappa shape index (κ1) is 24.4. The van der Waals surface area contributed by atoms with Gasteiger partial charge >= 0.3 is 0 Å². The highest BCUT2D eigenvalue weighted by atomic mass is 35.5. The Kier molecular flexibility index (Phi) is 7.18. The highest BCUT2D eigenvalue weighted by molar-refractivity contribution is 6.42. The zero-order chi connectivity index (χ0) is 25.1. The molecule has 2 aromatic carbocycles. The minimum atomic E-state index is -0.497. The van der Waals surface area contributed by atoms with Crippen molar-refractivity contribution in [3.05, 3.63) is 90.8 Å². The van der Waals surface area contributed by atoms with Crippen LogP contribution in [0.5, 0.6) is 0 Å². The van der Waals surface area contributed by atoms with Crippen molar-refractivity contribution in [2.24, 2.45) is 5.10 Å². The number of rotatable bonds is 6. The van der Waals surface area contributed by atoms with Crippen molar-refractivity contribution in [2.45, 2.75) is 32.6 Å². The molecule has 0 saturated heterocycles. The fourth-order valence-corrected chi connectivity index (χ4v) is 4.15. The van der Waals surface area contributed by atoms with Crippen LogP contribution in [0.4, 0.5) is 11.4 Å². The summed E-state index contributed by atoms with van der Waals surface area (Å²) in [6.07, 6.45) is 2.03. The van der Waals surface area contributed by atoms with Gasteiger partial charge in [0.1, 0.15) is 5.76 Å². The summed E-state index contributed by atoms with van der Waals surface area (Å²) >= 11 is 12.0. The molecule has 1 aromatic heterocycles. The fraction of sp³-hybridized carbons (Fsp3) is 0.208. The van der Waals surface area contributed by atoms with Gasteiger partial charge in [0.25, 0.3) is 11.6 Å². The van der Waals surface area contributed by atoms with Crippen LogP contribution in [0.1, 0.15) is 45.8 Å². The Balaban J connectivity index is 1.48. The molecule has 0 aliphatic heterocycles. The molecule has 11 heteroatoms. The van der Waals surface area contributed by atoms with Gasteiger partial charge in [0.2, 0.25) is 5.91 Å². The predicted octanol–water partition coefficient (Wildman–Crippen LogP) is 5.45. The molecule has 4 rings (SSSR count). The second-order valence-electron chi connectivity index (χ2n) is 7.98. The zero-order valence-electron chi connectivity index (χ0n) is 18.6. The summed E-state index contributed by atoms with van der Waals surface area (Å²) < 4.78 is 5.87. The average molecular weight is 515 g/mol. The molecule has 1 heterocycles. The maximum absolute atomic E-state index is 12.9. The van der Waals surface area contributed by atoms with Crippen LogP contribution in [-0.4, -0.2) is 22.4 Å². The lowest BCUT2D eigenvalue weighted by Gasteiger charge is -2.13. The zero-order valence-corrected chi connectivity index (χ0v) is 20.1. The Labute approximate surface area is 210 Å². The molecule has 35 heavy (non-hydrogen) atoms. The monoisotopic (exact) mass is 514 g/mol. The van der Waals surface area contributed by atoms with Gasteiger partial charge in [0, 0.05) is 35.4 Å². The summed E-state index contributed by atoms with van der Waals surface area (Å²) in [4.78, 5) is 35.5. The van der Waals surface area contributed by atoms with E-state index >= 15 is 0 Å². The van der Waals surface area contributed by atoms with Crippen molar-refractivity contribution in [3.8, 4) is 0 Å². The Morgan fingerprint density at radius 2 is 1.86 bits per heavy atom. The van der Waals surface area contributed by atoms with Crippen LogP contribution in [-0.2, 0) is 17.6 Å². The molecule has 2 N–H and O–H groups in total. The van der Waals surface area contributed by atoms with E-state index in [4.69, 9.17) is 27.6 Å². The minimum Gasteiger partial charge on any atom is -0.455 e.